The molecule has 2 aromatic rings. The van der Waals surface area contributed by atoms with Gasteiger partial charge in [-0.1, -0.05) is 23.7 Å². The van der Waals surface area contributed by atoms with Crippen LogP contribution in [0.5, 0.6) is 5.75 Å². The Morgan fingerprint density at radius 2 is 1.88 bits per heavy atom. The summed E-state index contributed by atoms with van der Waals surface area (Å²) in [6.07, 6.45) is -1.03. The van der Waals surface area contributed by atoms with Crippen LogP contribution in [-0.4, -0.2) is 25.1 Å². The second-order valence-electron chi connectivity index (χ2n) is 5.61. The molecule has 0 aromatic heterocycles. The normalized spacial score (nSPS) is 11.5. The van der Waals surface area contributed by atoms with Crippen LogP contribution >= 0.6 is 11.6 Å². The van der Waals surface area contributed by atoms with Crippen molar-refractivity contribution in [3.05, 3.63) is 64.4 Å². The Hall–Kier alpha value is -2.60. The van der Waals surface area contributed by atoms with Gasteiger partial charge in [0.15, 0.2) is 6.10 Å². The lowest BCUT2D eigenvalue weighted by molar-refractivity contribution is -0.154. The van der Waals surface area contributed by atoms with Crippen LogP contribution in [0, 0.1) is 5.82 Å². The van der Waals surface area contributed by atoms with Crippen molar-refractivity contribution in [1.29, 1.82) is 0 Å². The summed E-state index contributed by atoms with van der Waals surface area (Å²) in [4.78, 5) is 24.1. The predicted octanol–water partition coefficient (Wildman–Crippen LogP) is 3.28. The van der Waals surface area contributed by atoms with Crippen LogP contribution in [0.4, 0.5) is 4.39 Å². The van der Waals surface area contributed by atoms with Gasteiger partial charge in [0.2, 0.25) is 0 Å². The van der Waals surface area contributed by atoms with E-state index in [-0.39, 0.29) is 18.8 Å². The van der Waals surface area contributed by atoms with E-state index in [1.807, 2.05) is 0 Å². The maximum atomic E-state index is 12.9. The van der Waals surface area contributed by atoms with Gasteiger partial charge in [-0.15, -0.1) is 0 Å². The summed E-state index contributed by atoms with van der Waals surface area (Å²) in [6.45, 7) is 1.69. The van der Waals surface area contributed by atoms with Crippen LogP contribution in [0.2, 0.25) is 5.02 Å². The molecule has 0 fully saturated rings. The van der Waals surface area contributed by atoms with Crippen molar-refractivity contribution in [2.75, 3.05) is 7.11 Å². The average Bonchev–Trinajstić information content (AvgIpc) is 2.61. The number of benzene rings is 2. The van der Waals surface area contributed by atoms with Crippen molar-refractivity contribution in [3.63, 3.8) is 0 Å². The molecular weight excluding hydrogens is 361 g/mol. The number of halogens is 2. The molecule has 0 aliphatic rings. The molecule has 1 N–H and O–H groups in total. The summed E-state index contributed by atoms with van der Waals surface area (Å²) in [5, 5.41) is 3.11. The van der Waals surface area contributed by atoms with E-state index in [2.05, 4.69) is 5.32 Å². The fourth-order valence-corrected chi connectivity index (χ4v) is 2.46. The number of amides is 1. The van der Waals surface area contributed by atoms with Crippen LogP contribution < -0.4 is 10.1 Å². The highest BCUT2D eigenvalue weighted by Crippen LogP contribution is 2.23. The van der Waals surface area contributed by atoms with Crippen molar-refractivity contribution in [3.8, 4) is 5.75 Å². The summed E-state index contributed by atoms with van der Waals surface area (Å²) in [5.41, 5.74) is 1.31. The largest absolute Gasteiger partial charge is 0.496 e. The number of methoxy groups -OCH3 is 1. The van der Waals surface area contributed by atoms with Gasteiger partial charge in [0.05, 0.1) is 13.5 Å². The van der Waals surface area contributed by atoms with Crippen molar-refractivity contribution < 1.29 is 23.5 Å². The molecular formula is C19H19ClFNO4. The fraction of sp³-hybridized carbons (Fsp3) is 0.263. The molecule has 1 amide bonds. The lowest BCUT2D eigenvalue weighted by Gasteiger charge is -2.14. The summed E-state index contributed by atoms with van der Waals surface area (Å²) in [7, 11) is 1.49. The first-order valence-corrected chi connectivity index (χ1v) is 8.31. The van der Waals surface area contributed by atoms with Gasteiger partial charge in [-0.25, -0.2) is 4.39 Å². The molecule has 5 nitrogen and oxygen atoms in total. The van der Waals surface area contributed by atoms with Gasteiger partial charge in [0.1, 0.15) is 11.6 Å². The molecule has 0 heterocycles. The summed E-state index contributed by atoms with van der Waals surface area (Å²) < 4.78 is 23.2. The average molecular weight is 380 g/mol. The molecule has 1 atom stereocenters. The number of esters is 1. The van der Waals surface area contributed by atoms with Gasteiger partial charge in [-0.2, -0.15) is 0 Å². The van der Waals surface area contributed by atoms with E-state index in [1.165, 1.54) is 26.2 Å². The van der Waals surface area contributed by atoms with Crippen LogP contribution in [0.3, 0.4) is 0 Å². The third-order valence-electron chi connectivity index (χ3n) is 3.63. The van der Waals surface area contributed by atoms with Crippen LogP contribution in [0.15, 0.2) is 42.5 Å². The number of carbonyl (C=O) groups is 2. The zero-order valence-corrected chi connectivity index (χ0v) is 15.2. The molecule has 0 aliphatic heterocycles. The molecule has 2 rings (SSSR count). The van der Waals surface area contributed by atoms with Crippen molar-refractivity contribution in [1.82, 2.24) is 5.32 Å². The molecule has 0 aliphatic carbocycles. The smallest absolute Gasteiger partial charge is 0.311 e. The maximum absolute atomic E-state index is 12.9. The summed E-state index contributed by atoms with van der Waals surface area (Å²) in [5.74, 6) is -0.852. The van der Waals surface area contributed by atoms with Gasteiger partial charge in [0, 0.05) is 17.1 Å². The second kappa shape index (κ2) is 9.20. The van der Waals surface area contributed by atoms with Crippen LogP contribution in [0.1, 0.15) is 18.1 Å². The zero-order chi connectivity index (χ0) is 19.1. The number of nitrogens with one attached hydrogen (secondary N) is 1. The Morgan fingerprint density at radius 3 is 2.54 bits per heavy atom. The molecule has 0 saturated carbocycles. The van der Waals surface area contributed by atoms with E-state index in [0.29, 0.717) is 16.3 Å². The van der Waals surface area contributed by atoms with Crippen molar-refractivity contribution >= 4 is 23.5 Å². The molecule has 0 radical (unpaired) electrons. The minimum absolute atomic E-state index is 0.0701. The number of hydrogen-bond donors (Lipinski definition) is 1. The predicted molar refractivity (Wildman–Crippen MR) is 95.5 cm³/mol. The lowest BCUT2D eigenvalue weighted by Crippen LogP contribution is -2.35. The molecule has 7 heteroatoms. The molecule has 0 saturated heterocycles. The first kappa shape index (κ1) is 19.7. The van der Waals surface area contributed by atoms with E-state index in [4.69, 9.17) is 21.1 Å². The standard InChI is InChI=1S/C19H19ClFNO4/c1-12(19(24)22-11-13-3-6-16(21)7-4-13)26-18(23)10-14-9-15(20)5-8-17(14)25-2/h3-9,12H,10-11H2,1-2H3,(H,22,24)/t12-/m1/s1. The van der Waals surface area contributed by atoms with Gasteiger partial charge < -0.3 is 14.8 Å². The lowest BCUT2D eigenvalue weighted by atomic mass is 10.1. The first-order chi connectivity index (χ1) is 12.4. The third-order valence-corrected chi connectivity index (χ3v) is 3.87. The van der Waals surface area contributed by atoms with Crippen LogP contribution in [-0.2, 0) is 27.3 Å². The molecule has 0 spiro atoms. The third kappa shape index (κ3) is 5.74. The van der Waals surface area contributed by atoms with E-state index in [1.54, 1.807) is 30.3 Å². The van der Waals surface area contributed by atoms with Crippen molar-refractivity contribution in [2.24, 2.45) is 0 Å². The number of carbonyl (C=O) groups excluding carboxylic acids is 2. The second-order valence-corrected chi connectivity index (χ2v) is 6.05. The summed E-state index contributed by atoms with van der Waals surface area (Å²) in [6, 6.07) is 10.7. The molecule has 26 heavy (non-hydrogen) atoms. The Labute approximate surface area is 156 Å². The highest BCUT2D eigenvalue weighted by molar-refractivity contribution is 6.30. The minimum atomic E-state index is -0.965. The van der Waals surface area contributed by atoms with E-state index >= 15 is 0 Å². The Morgan fingerprint density at radius 1 is 1.19 bits per heavy atom. The van der Waals surface area contributed by atoms with E-state index < -0.39 is 18.0 Å². The first-order valence-electron chi connectivity index (χ1n) is 7.93. The Bertz CT molecular complexity index is 780. The van der Waals surface area contributed by atoms with Crippen LogP contribution in [0.25, 0.3) is 0 Å². The van der Waals surface area contributed by atoms with Crippen molar-refractivity contribution in [2.45, 2.75) is 26.0 Å². The molecule has 138 valence electrons. The van der Waals surface area contributed by atoms with Gasteiger partial charge in [-0.05, 0) is 42.8 Å². The zero-order valence-electron chi connectivity index (χ0n) is 14.4. The quantitative estimate of drug-likeness (QED) is 0.750. The van der Waals surface area contributed by atoms with Gasteiger partial charge >= 0.3 is 5.97 Å². The number of ether oxygens (including phenoxy) is 2. The monoisotopic (exact) mass is 379 g/mol. The molecule has 0 unspecified atom stereocenters. The highest BCUT2D eigenvalue weighted by atomic mass is 35.5. The topological polar surface area (TPSA) is 64.6 Å². The van der Waals surface area contributed by atoms with E-state index in [9.17, 15) is 14.0 Å². The maximum Gasteiger partial charge on any atom is 0.311 e. The fourth-order valence-electron chi connectivity index (χ4n) is 2.27. The van der Waals surface area contributed by atoms with Gasteiger partial charge in [-0.3, -0.25) is 9.59 Å². The minimum Gasteiger partial charge on any atom is -0.496 e. The molecule has 0 bridgehead atoms. The Balaban J connectivity index is 1.87. The number of hydrogen-bond acceptors (Lipinski definition) is 4. The summed E-state index contributed by atoms with van der Waals surface area (Å²) >= 11 is 5.93. The van der Waals surface area contributed by atoms with E-state index in [0.717, 1.165) is 5.56 Å². The number of rotatable bonds is 7. The Kier molecular flexibility index (Phi) is 6.97. The highest BCUT2D eigenvalue weighted by Gasteiger charge is 2.19. The SMILES string of the molecule is COc1ccc(Cl)cc1CC(=O)O[C@H](C)C(=O)NCc1ccc(F)cc1. The molecule has 2 aromatic carbocycles. The van der Waals surface area contributed by atoms with Gasteiger partial charge in [0.25, 0.3) is 5.91 Å².